The van der Waals surface area contributed by atoms with Crippen molar-refractivity contribution < 1.29 is 9.90 Å². The Hall–Kier alpha value is -1.39. The maximum Gasteiger partial charge on any atom is 0.240 e. The van der Waals surface area contributed by atoms with Crippen molar-refractivity contribution in [2.24, 2.45) is 5.73 Å². The molecule has 0 saturated heterocycles. The highest BCUT2D eigenvalue weighted by Gasteiger charge is 2.40. The van der Waals surface area contributed by atoms with Crippen molar-refractivity contribution in [3.05, 3.63) is 35.9 Å². The van der Waals surface area contributed by atoms with Gasteiger partial charge in [-0.1, -0.05) is 30.3 Å². The number of benzene rings is 1. The average Bonchev–Trinajstić information content (AvgIpc) is 2.33. The van der Waals surface area contributed by atoms with E-state index in [9.17, 15) is 9.90 Å². The van der Waals surface area contributed by atoms with E-state index in [0.717, 1.165) is 24.8 Å². The third-order valence-electron chi connectivity index (χ3n) is 3.39. The van der Waals surface area contributed by atoms with Crippen LogP contribution in [0.4, 0.5) is 0 Å². The highest BCUT2D eigenvalue weighted by Crippen LogP contribution is 2.29. The van der Waals surface area contributed by atoms with E-state index in [2.05, 4.69) is 5.32 Å². The first-order chi connectivity index (χ1) is 8.15. The highest BCUT2D eigenvalue weighted by atomic mass is 16.3. The molecule has 1 aromatic rings. The zero-order chi connectivity index (χ0) is 12.3. The van der Waals surface area contributed by atoms with Crippen LogP contribution in [0.5, 0.6) is 0 Å². The number of rotatable bonds is 4. The van der Waals surface area contributed by atoms with E-state index >= 15 is 0 Å². The molecule has 4 heteroatoms. The average molecular weight is 234 g/mol. The number of aliphatic hydroxyl groups excluding tert-OH is 1. The molecule has 0 unspecified atom stereocenters. The number of aliphatic hydroxyl groups is 1. The maximum absolute atomic E-state index is 11.9. The van der Waals surface area contributed by atoms with Gasteiger partial charge >= 0.3 is 0 Å². The molecule has 0 spiro atoms. The predicted octanol–water partition coefficient (Wildman–Crippen LogP) is 0.718. The predicted molar refractivity (Wildman–Crippen MR) is 65.2 cm³/mol. The molecule has 1 amide bonds. The van der Waals surface area contributed by atoms with E-state index in [-0.39, 0.29) is 18.6 Å². The van der Waals surface area contributed by atoms with Gasteiger partial charge in [0.15, 0.2) is 0 Å². The lowest BCUT2D eigenvalue weighted by atomic mass is 9.77. The van der Waals surface area contributed by atoms with Crippen LogP contribution in [0, 0.1) is 0 Å². The number of nitrogens with two attached hydrogens (primary N) is 1. The summed E-state index contributed by atoms with van der Waals surface area (Å²) in [5.41, 5.74) is 6.11. The molecule has 4 N–H and O–H groups in total. The first kappa shape index (κ1) is 12.1. The second-order valence-electron chi connectivity index (χ2n) is 4.63. The van der Waals surface area contributed by atoms with Gasteiger partial charge in [-0.25, -0.2) is 0 Å². The summed E-state index contributed by atoms with van der Waals surface area (Å²) in [4.78, 5) is 11.9. The third kappa shape index (κ3) is 2.48. The molecule has 1 aromatic carbocycles. The zero-order valence-corrected chi connectivity index (χ0v) is 9.73. The molecule has 1 aliphatic rings. The molecule has 0 aromatic heterocycles. The number of nitrogens with one attached hydrogen (secondary N) is 1. The summed E-state index contributed by atoms with van der Waals surface area (Å²) in [6.45, 7) is -0.119. The van der Waals surface area contributed by atoms with Crippen molar-refractivity contribution >= 4 is 5.91 Å². The number of amides is 1. The summed E-state index contributed by atoms with van der Waals surface area (Å²) in [5, 5.41) is 12.1. The zero-order valence-electron chi connectivity index (χ0n) is 9.73. The molecular formula is C13H18N2O2. The van der Waals surface area contributed by atoms with Crippen LogP contribution in [0.25, 0.3) is 0 Å². The highest BCUT2D eigenvalue weighted by molar-refractivity contribution is 5.87. The van der Waals surface area contributed by atoms with Gasteiger partial charge in [0, 0.05) is 0 Å². The Bertz CT molecular complexity index is 388. The standard InChI is InChI=1S/C13H18N2O2/c14-13(7-4-8-13)12(17)15-11(9-16)10-5-2-1-3-6-10/h1-3,5-6,11,16H,4,7-9,14H2,(H,15,17)/t11-/m1/s1. The van der Waals surface area contributed by atoms with Gasteiger partial charge in [-0.05, 0) is 24.8 Å². The Morgan fingerprint density at radius 1 is 1.41 bits per heavy atom. The van der Waals surface area contributed by atoms with Crippen LogP contribution < -0.4 is 11.1 Å². The van der Waals surface area contributed by atoms with Crippen LogP contribution in [0.3, 0.4) is 0 Å². The second-order valence-corrected chi connectivity index (χ2v) is 4.63. The van der Waals surface area contributed by atoms with Crippen molar-refractivity contribution in [3.8, 4) is 0 Å². The summed E-state index contributed by atoms with van der Waals surface area (Å²) in [6.07, 6.45) is 2.45. The molecule has 0 aliphatic heterocycles. The first-order valence-corrected chi connectivity index (χ1v) is 5.91. The molecule has 1 aliphatic carbocycles. The van der Waals surface area contributed by atoms with E-state index in [1.54, 1.807) is 0 Å². The summed E-state index contributed by atoms with van der Waals surface area (Å²) in [5.74, 6) is -0.161. The van der Waals surface area contributed by atoms with Gasteiger partial charge in [0.25, 0.3) is 0 Å². The summed E-state index contributed by atoms with van der Waals surface area (Å²) in [6, 6.07) is 9.05. The van der Waals surface area contributed by atoms with Gasteiger partial charge in [-0.2, -0.15) is 0 Å². The topological polar surface area (TPSA) is 75.4 Å². The number of hydrogen-bond acceptors (Lipinski definition) is 3. The van der Waals surface area contributed by atoms with Crippen molar-refractivity contribution in [2.45, 2.75) is 30.8 Å². The Kier molecular flexibility index (Phi) is 3.45. The Morgan fingerprint density at radius 2 is 2.06 bits per heavy atom. The van der Waals surface area contributed by atoms with Gasteiger partial charge in [0.2, 0.25) is 5.91 Å². The van der Waals surface area contributed by atoms with Crippen LogP contribution in [-0.4, -0.2) is 23.2 Å². The van der Waals surface area contributed by atoms with Crippen LogP contribution in [0.15, 0.2) is 30.3 Å². The normalized spacial score (nSPS) is 19.2. The fraction of sp³-hybridized carbons (Fsp3) is 0.462. The quantitative estimate of drug-likeness (QED) is 0.718. The van der Waals surface area contributed by atoms with Gasteiger partial charge in [-0.3, -0.25) is 4.79 Å². The van der Waals surface area contributed by atoms with Crippen LogP contribution in [0.1, 0.15) is 30.9 Å². The maximum atomic E-state index is 11.9. The molecule has 1 saturated carbocycles. The summed E-state index contributed by atoms with van der Waals surface area (Å²) < 4.78 is 0. The van der Waals surface area contributed by atoms with Crippen molar-refractivity contribution in [2.75, 3.05) is 6.61 Å². The van der Waals surface area contributed by atoms with Crippen molar-refractivity contribution in [3.63, 3.8) is 0 Å². The Labute approximate surface area is 101 Å². The minimum Gasteiger partial charge on any atom is -0.394 e. The first-order valence-electron chi connectivity index (χ1n) is 5.91. The molecule has 0 heterocycles. The third-order valence-corrected chi connectivity index (χ3v) is 3.39. The van der Waals surface area contributed by atoms with E-state index < -0.39 is 5.54 Å². The molecular weight excluding hydrogens is 216 g/mol. The van der Waals surface area contributed by atoms with E-state index in [1.165, 1.54) is 0 Å². The summed E-state index contributed by atoms with van der Waals surface area (Å²) >= 11 is 0. The molecule has 0 bridgehead atoms. The van der Waals surface area contributed by atoms with E-state index in [1.807, 2.05) is 30.3 Å². The Balaban J connectivity index is 2.03. The fourth-order valence-corrected chi connectivity index (χ4v) is 2.01. The van der Waals surface area contributed by atoms with Crippen molar-refractivity contribution in [1.82, 2.24) is 5.32 Å². The smallest absolute Gasteiger partial charge is 0.240 e. The Morgan fingerprint density at radius 3 is 2.53 bits per heavy atom. The van der Waals surface area contributed by atoms with Crippen molar-refractivity contribution in [1.29, 1.82) is 0 Å². The summed E-state index contributed by atoms with van der Waals surface area (Å²) in [7, 11) is 0. The monoisotopic (exact) mass is 234 g/mol. The fourth-order valence-electron chi connectivity index (χ4n) is 2.01. The van der Waals surface area contributed by atoms with E-state index in [4.69, 9.17) is 5.73 Å². The lowest BCUT2D eigenvalue weighted by Gasteiger charge is -2.37. The van der Waals surface area contributed by atoms with Crippen LogP contribution in [0.2, 0.25) is 0 Å². The SMILES string of the molecule is NC1(C(=O)N[C@H](CO)c2ccccc2)CCC1. The van der Waals surface area contributed by atoms with E-state index in [0.29, 0.717) is 0 Å². The number of carbonyl (C=O) groups is 1. The van der Waals surface area contributed by atoms with Gasteiger partial charge in [-0.15, -0.1) is 0 Å². The van der Waals surface area contributed by atoms with Gasteiger partial charge in [0.05, 0.1) is 18.2 Å². The molecule has 0 radical (unpaired) electrons. The lowest BCUT2D eigenvalue weighted by molar-refractivity contribution is -0.130. The lowest BCUT2D eigenvalue weighted by Crippen LogP contribution is -2.59. The number of hydrogen-bond donors (Lipinski definition) is 3. The molecule has 92 valence electrons. The minimum absolute atomic E-state index is 0.119. The van der Waals surface area contributed by atoms with Crippen LogP contribution in [-0.2, 0) is 4.79 Å². The van der Waals surface area contributed by atoms with Gasteiger partial charge in [0.1, 0.15) is 0 Å². The van der Waals surface area contributed by atoms with Crippen LogP contribution >= 0.6 is 0 Å². The second kappa shape index (κ2) is 4.85. The van der Waals surface area contributed by atoms with Gasteiger partial charge < -0.3 is 16.2 Å². The minimum atomic E-state index is -0.720. The molecule has 4 nitrogen and oxygen atoms in total. The number of carbonyl (C=O) groups excluding carboxylic acids is 1. The molecule has 1 fully saturated rings. The molecule has 17 heavy (non-hydrogen) atoms. The molecule has 2 rings (SSSR count). The largest absolute Gasteiger partial charge is 0.394 e. The molecule has 1 atom stereocenters.